The first-order valence-electron chi connectivity index (χ1n) is 9.23. The number of anilines is 1. The molecule has 3 aromatic rings. The normalized spacial score (nSPS) is 16.1. The average Bonchev–Trinajstić information content (AvgIpc) is 3.24. The van der Waals surface area contributed by atoms with Crippen molar-refractivity contribution in [2.24, 2.45) is 0 Å². The SMILES string of the molecule is Cc1ccc(-c2nnn(CC(=O)c3ccc4c(c3)C[C@@H](C)N4S(C)(=O)=O)n2)cc1. The third-order valence-electron chi connectivity index (χ3n) is 4.96. The summed E-state index contributed by atoms with van der Waals surface area (Å²) >= 11 is 0. The van der Waals surface area contributed by atoms with Crippen LogP contribution < -0.4 is 4.31 Å². The molecule has 8 nitrogen and oxygen atoms in total. The van der Waals surface area contributed by atoms with Crippen LogP contribution in [-0.4, -0.2) is 46.7 Å². The number of tetrazole rings is 1. The number of benzene rings is 2. The van der Waals surface area contributed by atoms with E-state index in [-0.39, 0.29) is 18.4 Å². The van der Waals surface area contributed by atoms with E-state index in [9.17, 15) is 13.2 Å². The second-order valence-electron chi connectivity index (χ2n) is 7.39. The topological polar surface area (TPSA) is 98.0 Å². The molecule has 0 saturated heterocycles. The molecule has 0 radical (unpaired) electrons. The van der Waals surface area contributed by atoms with Crippen molar-refractivity contribution in [1.29, 1.82) is 0 Å². The summed E-state index contributed by atoms with van der Waals surface area (Å²) in [4.78, 5) is 14.0. The van der Waals surface area contributed by atoms with Gasteiger partial charge in [0.2, 0.25) is 15.8 Å². The molecule has 1 aliphatic heterocycles. The molecule has 0 amide bonds. The van der Waals surface area contributed by atoms with Crippen LogP contribution in [0, 0.1) is 6.92 Å². The van der Waals surface area contributed by atoms with E-state index in [4.69, 9.17) is 0 Å². The Morgan fingerprint density at radius 2 is 1.90 bits per heavy atom. The molecule has 9 heteroatoms. The molecule has 0 unspecified atom stereocenters. The number of hydrogen-bond acceptors (Lipinski definition) is 6. The van der Waals surface area contributed by atoms with Crippen LogP contribution in [0.2, 0.25) is 0 Å². The van der Waals surface area contributed by atoms with Gasteiger partial charge < -0.3 is 0 Å². The second kappa shape index (κ2) is 7.07. The van der Waals surface area contributed by atoms with E-state index >= 15 is 0 Å². The molecule has 0 fully saturated rings. The van der Waals surface area contributed by atoms with Gasteiger partial charge in [0, 0.05) is 17.2 Å². The van der Waals surface area contributed by atoms with E-state index < -0.39 is 10.0 Å². The highest BCUT2D eigenvalue weighted by Crippen LogP contribution is 2.34. The Balaban J connectivity index is 1.53. The van der Waals surface area contributed by atoms with Crippen LogP contribution in [0.4, 0.5) is 5.69 Å². The van der Waals surface area contributed by atoms with Crippen molar-refractivity contribution in [2.75, 3.05) is 10.6 Å². The summed E-state index contributed by atoms with van der Waals surface area (Å²) < 4.78 is 25.5. The maximum atomic E-state index is 12.7. The summed E-state index contributed by atoms with van der Waals surface area (Å²) in [5, 5.41) is 12.3. The fourth-order valence-corrected chi connectivity index (χ4v) is 4.89. The molecule has 1 aromatic heterocycles. The molecule has 1 atom stereocenters. The fourth-order valence-electron chi connectivity index (χ4n) is 3.63. The molecule has 0 spiro atoms. The molecule has 0 bridgehead atoms. The van der Waals surface area contributed by atoms with Crippen LogP contribution in [0.3, 0.4) is 0 Å². The average molecular weight is 411 g/mol. The number of nitrogens with zero attached hydrogens (tertiary/aromatic N) is 5. The van der Waals surface area contributed by atoms with E-state index in [1.165, 1.54) is 15.4 Å². The van der Waals surface area contributed by atoms with Crippen molar-refractivity contribution in [2.45, 2.75) is 32.9 Å². The molecule has 150 valence electrons. The molecule has 29 heavy (non-hydrogen) atoms. The molecule has 0 aliphatic carbocycles. The Morgan fingerprint density at radius 1 is 1.17 bits per heavy atom. The number of sulfonamides is 1. The van der Waals surface area contributed by atoms with Crippen molar-refractivity contribution in [3.8, 4) is 11.4 Å². The Bertz CT molecular complexity index is 1190. The third kappa shape index (κ3) is 3.77. The van der Waals surface area contributed by atoms with Gasteiger partial charge >= 0.3 is 0 Å². The number of carbonyl (C=O) groups is 1. The number of rotatable bonds is 5. The molecule has 2 aromatic carbocycles. The van der Waals surface area contributed by atoms with Crippen LogP contribution in [0.15, 0.2) is 42.5 Å². The Morgan fingerprint density at radius 3 is 2.59 bits per heavy atom. The summed E-state index contributed by atoms with van der Waals surface area (Å²) in [6.45, 7) is 3.82. The largest absolute Gasteiger partial charge is 0.292 e. The summed E-state index contributed by atoms with van der Waals surface area (Å²) in [6, 6.07) is 12.7. The molecule has 0 N–H and O–H groups in total. The van der Waals surface area contributed by atoms with E-state index in [0.717, 1.165) is 16.7 Å². The number of carbonyl (C=O) groups excluding carboxylic acids is 1. The first-order chi connectivity index (χ1) is 13.7. The van der Waals surface area contributed by atoms with Gasteiger partial charge in [-0.2, -0.15) is 4.80 Å². The Kier molecular flexibility index (Phi) is 4.70. The first kappa shape index (κ1) is 19.3. The summed E-state index contributed by atoms with van der Waals surface area (Å²) in [5.74, 6) is 0.301. The van der Waals surface area contributed by atoms with Crippen molar-refractivity contribution in [1.82, 2.24) is 20.2 Å². The van der Waals surface area contributed by atoms with Gasteiger partial charge in [-0.3, -0.25) is 9.10 Å². The van der Waals surface area contributed by atoms with Gasteiger partial charge in [0.15, 0.2) is 5.78 Å². The zero-order chi connectivity index (χ0) is 20.8. The quantitative estimate of drug-likeness (QED) is 0.597. The van der Waals surface area contributed by atoms with Crippen LogP contribution >= 0.6 is 0 Å². The van der Waals surface area contributed by atoms with Crippen molar-refractivity contribution >= 4 is 21.5 Å². The summed E-state index contributed by atoms with van der Waals surface area (Å²) in [7, 11) is -3.36. The lowest BCUT2D eigenvalue weighted by molar-refractivity contribution is 0.0961. The predicted molar refractivity (Wildman–Crippen MR) is 109 cm³/mol. The zero-order valence-electron chi connectivity index (χ0n) is 16.4. The number of ketones is 1. The van der Waals surface area contributed by atoms with E-state index in [1.807, 2.05) is 38.1 Å². The van der Waals surface area contributed by atoms with E-state index in [2.05, 4.69) is 15.4 Å². The highest BCUT2D eigenvalue weighted by molar-refractivity contribution is 7.92. The van der Waals surface area contributed by atoms with Crippen LogP contribution in [0.25, 0.3) is 11.4 Å². The maximum Gasteiger partial charge on any atom is 0.232 e. The van der Waals surface area contributed by atoms with Crippen LogP contribution in [-0.2, 0) is 23.0 Å². The van der Waals surface area contributed by atoms with Gasteiger partial charge in [-0.1, -0.05) is 29.8 Å². The maximum absolute atomic E-state index is 12.7. The number of Topliss-reactive ketones (excluding diaryl/α,β-unsaturated/α-hetero) is 1. The van der Waals surface area contributed by atoms with Gasteiger partial charge in [0.1, 0.15) is 6.54 Å². The van der Waals surface area contributed by atoms with Crippen molar-refractivity contribution < 1.29 is 13.2 Å². The highest BCUT2D eigenvalue weighted by Gasteiger charge is 2.32. The monoisotopic (exact) mass is 411 g/mol. The highest BCUT2D eigenvalue weighted by atomic mass is 32.2. The molecular formula is C20H21N5O3S. The van der Waals surface area contributed by atoms with Crippen molar-refractivity contribution in [3.63, 3.8) is 0 Å². The Labute approximate surface area is 169 Å². The van der Waals surface area contributed by atoms with Crippen LogP contribution in [0.1, 0.15) is 28.4 Å². The zero-order valence-corrected chi connectivity index (χ0v) is 17.2. The number of fused-ring (bicyclic) bond motifs is 1. The second-order valence-corrected chi connectivity index (χ2v) is 9.25. The lowest BCUT2D eigenvalue weighted by atomic mass is 10.0. The first-order valence-corrected chi connectivity index (χ1v) is 11.1. The fraction of sp³-hybridized carbons (Fsp3) is 0.300. The van der Waals surface area contributed by atoms with Crippen molar-refractivity contribution in [3.05, 3.63) is 59.2 Å². The minimum absolute atomic E-state index is 0.0387. The number of aryl methyl sites for hydroxylation is 1. The molecule has 0 saturated carbocycles. The lowest BCUT2D eigenvalue weighted by Crippen LogP contribution is -2.34. The third-order valence-corrected chi connectivity index (χ3v) is 6.23. The molecular weight excluding hydrogens is 390 g/mol. The van der Waals surface area contributed by atoms with E-state index in [0.29, 0.717) is 23.5 Å². The summed E-state index contributed by atoms with van der Waals surface area (Å²) in [5.41, 5.74) is 3.96. The summed E-state index contributed by atoms with van der Waals surface area (Å²) in [6.07, 6.45) is 1.77. The van der Waals surface area contributed by atoms with Gasteiger partial charge in [-0.25, -0.2) is 8.42 Å². The minimum atomic E-state index is -3.36. The van der Waals surface area contributed by atoms with Gasteiger partial charge in [0.25, 0.3) is 0 Å². The smallest absolute Gasteiger partial charge is 0.232 e. The minimum Gasteiger partial charge on any atom is -0.292 e. The molecule has 1 aliphatic rings. The molecule has 4 rings (SSSR count). The standard InChI is InChI=1S/C20H21N5O3S/c1-13-4-6-15(7-5-13)20-21-23-24(22-20)12-19(26)16-8-9-18-17(11-16)10-14(2)25(18)29(3,27)28/h4-9,11,14H,10,12H2,1-3H3/t14-/m1/s1. The number of hydrogen-bond donors (Lipinski definition) is 0. The van der Waals surface area contributed by atoms with Gasteiger partial charge in [-0.05, 0) is 49.2 Å². The molecule has 2 heterocycles. The number of aromatic nitrogens is 4. The van der Waals surface area contributed by atoms with Gasteiger partial charge in [-0.15, -0.1) is 10.2 Å². The Hall–Kier alpha value is -3.07. The predicted octanol–water partition coefficient (Wildman–Crippen LogP) is 2.24. The van der Waals surface area contributed by atoms with Gasteiger partial charge in [0.05, 0.1) is 11.9 Å². The van der Waals surface area contributed by atoms with E-state index in [1.54, 1.807) is 18.2 Å². The van der Waals surface area contributed by atoms with Crippen LogP contribution in [0.5, 0.6) is 0 Å². The lowest BCUT2D eigenvalue weighted by Gasteiger charge is -2.21.